The lowest BCUT2D eigenvalue weighted by Gasteiger charge is -2.20. The summed E-state index contributed by atoms with van der Waals surface area (Å²) in [7, 11) is 2.08. The van der Waals surface area contributed by atoms with E-state index in [0.29, 0.717) is 12.3 Å². The number of rotatable bonds is 6. The highest BCUT2D eigenvalue weighted by Crippen LogP contribution is 2.38. The summed E-state index contributed by atoms with van der Waals surface area (Å²) < 4.78 is 2.19. The number of hydrogen-bond donors (Lipinski definition) is 0. The number of pyridine rings is 1. The summed E-state index contributed by atoms with van der Waals surface area (Å²) in [5.74, 6) is 0.557. The molecule has 4 nitrogen and oxygen atoms in total. The zero-order chi connectivity index (χ0) is 24.1. The molecule has 0 spiro atoms. The number of nitrogens with zero attached hydrogens (tertiary/aromatic N) is 3. The first kappa shape index (κ1) is 24.3. The average molecular weight is 491 g/mol. The van der Waals surface area contributed by atoms with Crippen molar-refractivity contribution in [2.75, 3.05) is 12.3 Å². The Kier molecular flexibility index (Phi) is 7.92. The van der Waals surface area contributed by atoms with Crippen LogP contribution in [0, 0.1) is 11.3 Å². The largest absolute Gasteiger partial charge is 0.306 e. The normalized spacial score (nSPS) is 19.5. The predicted molar refractivity (Wildman–Crippen MR) is 141 cm³/mol. The molecule has 174 valence electrons. The van der Waals surface area contributed by atoms with Crippen LogP contribution < -0.4 is 4.57 Å². The van der Waals surface area contributed by atoms with Crippen LogP contribution in [0.2, 0.25) is 0 Å². The van der Waals surface area contributed by atoms with Crippen LogP contribution in [0.15, 0.2) is 75.3 Å². The van der Waals surface area contributed by atoms with E-state index in [1.807, 2.05) is 4.90 Å². The predicted octanol–water partition coefficient (Wildman–Crippen LogP) is 6.39. The van der Waals surface area contributed by atoms with E-state index in [-0.39, 0.29) is 12.3 Å². The lowest BCUT2D eigenvalue weighted by molar-refractivity contribution is -0.646. The minimum atomic E-state index is 0.118. The Morgan fingerprint density at radius 3 is 2.85 bits per heavy atom. The zero-order valence-corrected chi connectivity index (χ0v) is 21.3. The Morgan fingerprint density at radius 2 is 2.06 bits per heavy atom. The number of carbonyl (C=O) groups is 1. The van der Waals surface area contributed by atoms with E-state index in [0.717, 1.165) is 58.2 Å². The smallest absolute Gasteiger partial charge is 0.237 e. The van der Waals surface area contributed by atoms with E-state index in [9.17, 15) is 10.1 Å². The van der Waals surface area contributed by atoms with Gasteiger partial charge in [-0.15, -0.1) is 0 Å². The SMILES string of the molecule is CCCN1C(=O)CS/C1=C(\C=C1/CCCC(/C=C/c2ccc3ccccc3[n+]2C)=C1Cl)CC#N. The highest BCUT2D eigenvalue weighted by Gasteiger charge is 2.28. The molecular formula is C28H29ClN3OS+. The number of carbonyl (C=O) groups excluding carboxylic acids is 1. The maximum atomic E-state index is 12.3. The van der Waals surface area contributed by atoms with Crippen molar-refractivity contribution in [3.05, 3.63) is 81.0 Å². The number of nitriles is 1. The summed E-state index contributed by atoms with van der Waals surface area (Å²) in [5, 5.41) is 12.3. The molecule has 1 aliphatic carbocycles. The molecule has 1 aliphatic heterocycles. The molecule has 6 heteroatoms. The second-order valence-electron chi connectivity index (χ2n) is 8.57. The van der Waals surface area contributed by atoms with Crippen molar-refractivity contribution in [1.82, 2.24) is 4.90 Å². The Balaban J connectivity index is 1.67. The van der Waals surface area contributed by atoms with Crippen molar-refractivity contribution in [2.24, 2.45) is 7.05 Å². The van der Waals surface area contributed by atoms with Crippen molar-refractivity contribution in [3.63, 3.8) is 0 Å². The van der Waals surface area contributed by atoms with Gasteiger partial charge in [-0.1, -0.05) is 54.6 Å². The molecule has 1 aromatic carbocycles. The van der Waals surface area contributed by atoms with E-state index in [2.05, 4.69) is 79.2 Å². The molecule has 0 unspecified atom stereocenters. The van der Waals surface area contributed by atoms with Gasteiger partial charge >= 0.3 is 0 Å². The molecule has 2 aliphatic rings. The molecular weight excluding hydrogens is 462 g/mol. The van der Waals surface area contributed by atoms with Gasteiger partial charge in [-0.05, 0) is 54.5 Å². The standard InChI is InChI=1S/C28H29ClN3OS/c1-3-17-32-26(33)19-34-28(32)23(15-16-30)18-22-9-6-8-21(27(22)29)12-14-24-13-11-20-7-4-5-10-25(20)31(24)2/h4-5,7,10-14,18H,3,6,8-9,15,17,19H2,1-2H3/q+1. The van der Waals surface area contributed by atoms with Crippen molar-refractivity contribution < 1.29 is 9.36 Å². The van der Waals surface area contributed by atoms with E-state index < -0.39 is 0 Å². The van der Waals surface area contributed by atoms with Crippen LogP contribution in [0.3, 0.4) is 0 Å². The van der Waals surface area contributed by atoms with Gasteiger partial charge < -0.3 is 4.90 Å². The lowest BCUT2D eigenvalue weighted by Crippen LogP contribution is -2.32. The number of thioether (sulfide) groups is 1. The van der Waals surface area contributed by atoms with Gasteiger partial charge in [-0.3, -0.25) is 4.79 Å². The number of allylic oxidation sites excluding steroid dienone is 6. The van der Waals surface area contributed by atoms with Gasteiger partial charge in [0.1, 0.15) is 7.05 Å². The number of aromatic nitrogens is 1. The molecule has 0 bridgehead atoms. The monoisotopic (exact) mass is 490 g/mol. The van der Waals surface area contributed by atoms with Crippen molar-refractivity contribution in [2.45, 2.75) is 39.0 Å². The maximum Gasteiger partial charge on any atom is 0.237 e. The van der Waals surface area contributed by atoms with Crippen LogP contribution in [0.25, 0.3) is 17.0 Å². The van der Waals surface area contributed by atoms with E-state index in [1.165, 1.54) is 22.7 Å². The Morgan fingerprint density at radius 1 is 1.24 bits per heavy atom. The molecule has 1 aromatic heterocycles. The molecule has 0 atom stereocenters. The Labute approximate surface area is 210 Å². The van der Waals surface area contributed by atoms with Crippen LogP contribution in [-0.2, 0) is 11.8 Å². The summed E-state index contributed by atoms with van der Waals surface area (Å²) in [6, 6.07) is 14.9. The van der Waals surface area contributed by atoms with E-state index in [4.69, 9.17) is 11.6 Å². The van der Waals surface area contributed by atoms with E-state index >= 15 is 0 Å². The molecule has 1 fully saturated rings. The number of halogens is 1. The minimum Gasteiger partial charge on any atom is -0.306 e. The first-order chi connectivity index (χ1) is 16.5. The number of benzene rings is 1. The van der Waals surface area contributed by atoms with E-state index in [1.54, 1.807) is 0 Å². The number of para-hydroxylation sites is 1. The third kappa shape index (κ3) is 5.14. The fourth-order valence-electron chi connectivity index (χ4n) is 4.50. The average Bonchev–Trinajstić information content (AvgIpc) is 3.20. The molecule has 2 heterocycles. The topological polar surface area (TPSA) is 48.0 Å². The van der Waals surface area contributed by atoms with Gasteiger partial charge in [0.2, 0.25) is 17.1 Å². The highest BCUT2D eigenvalue weighted by molar-refractivity contribution is 8.04. The van der Waals surface area contributed by atoms with Gasteiger partial charge in [-0.25, -0.2) is 0 Å². The van der Waals surface area contributed by atoms with Gasteiger partial charge in [0, 0.05) is 35.2 Å². The first-order valence-corrected chi connectivity index (χ1v) is 13.1. The first-order valence-electron chi connectivity index (χ1n) is 11.7. The fraction of sp³-hybridized carbons (Fsp3) is 0.321. The van der Waals surface area contributed by atoms with Gasteiger partial charge in [0.05, 0.1) is 23.3 Å². The Hall–Kier alpha value is -2.81. The molecule has 34 heavy (non-hydrogen) atoms. The maximum absolute atomic E-state index is 12.3. The quantitative estimate of drug-likeness (QED) is 0.440. The molecule has 0 N–H and O–H groups in total. The molecule has 0 saturated carbocycles. The summed E-state index contributed by atoms with van der Waals surface area (Å²) >= 11 is 8.42. The van der Waals surface area contributed by atoms with Crippen molar-refractivity contribution >= 4 is 46.2 Å². The third-order valence-corrected chi connectivity index (χ3v) is 7.88. The highest BCUT2D eigenvalue weighted by atomic mass is 35.5. The number of hydrogen-bond acceptors (Lipinski definition) is 3. The summed E-state index contributed by atoms with van der Waals surface area (Å²) in [6.07, 6.45) is 10.2. The van der Waals surface area contributed by atoms with Crippen molar-refractivity contribution in [3.8, 4) is 6.07 Å². The third-order valence-electron chi connectivity index (χ3n) is 6.25. The fourth-order valence-corrected chi connectivity index (χ4v) is 5.89. The van der Waals surface area contributed by atoms with Crippen LogP contribution >= 0.6 is 23.4 Å². The molecule has 4 rings (SSSR count). The molecule has 2 aromatic rings. The zero-order valence-electron chi connectivity index (χ0n) is 19.7. The number of fused-ring (bicyclic) bond motifs is 1. The summed E-state index contributed by atoms with van der Waals surface area (Å²) in [4.78, 5) is 14.2. The van der Waals surface area contributed by atoms with Crippen LogP contribution in [0.5, 0.6) is 0 Å². The Bertz CT molecular complexity index is 1280. The lowest BCUT2D eigenvalue weighted by atomic mass is 9.92. The van der Waals surface area contributed by atoms with Gasteiger partial charge in [-0.2, -0.15) is 9.83 Å². The minimum absolute atomic E-state index is 0.118. The molecule has 1 saturated heterocycles. The number of aryl methyl sites for hydroxylation is 1. The molecule has 0 radical (unpaired) electrons. The second-order valence-corrected chi connectivity index (χ2v) is 9.91. The van der Waals surface area contributed by atoms with Gasteiger partial charge in [0.25, 0.3) is 0 Å². The summed E-state index contributed by atoms with van der Waals surface area (Å²) in [5.41, 5.74) is 5.34. The second kappa shape index (κ2) is 11.1. The summed E-state index contributed by atoms with van der Waals surface area (Å²) in [6.45, 7) is 2.74. The van der Waals surface area contributed by atoms with Crippen LogP contribution in [-0.4, -0.2) is 23.1 Å². The van der Waals surface area contributed by atoms with Crippen LogP contribution in [0.1, 0.15) is 44.7 Å². The van der Waals surface area contributed by atoms with Gasteiger partial charge in [0.15, 0.2) is 0 Å². The van der Waals surface area contributed by atoms with Crippen LogP contribution in [0.4, 0.5) is 0 Å². The van der Waals surface area contributed by atoms with Crippen molar-refractivity contribution in [1.29, 1.82) is 5.26 Å². The number of amides is 1. The molecule has 1 amide bonds.